The second-order valence-electron chi connectivity index (χ2n) is 7.04. The van der Waals surface area contributed by atoms with E-state index in [0.717, 1.165) is 32.1 Å². The smallest absolute Gasteiger partial charge is 0.249 e. The topological polar surface area (TPSA) is 54.1 Å². The maximum Gasteiger partial charge on any atom is 0.249 e. The summed E-state index contributed by atoms with van der Waals surface area (Å²) in [5.74, 6) is 0.0726. The number of aromatic nitrogens is 1. The van der Waals surface area contributed by atoms with Crippen molar-refractivity contribution in [3.05, 3.63) is 34.5 Å². The number of fused-ring (bicyclic) bond motifs is 3. The fraction of sp³-hybridized carbons (Fsp3) is 0.526. The predicted octanol–water partition coefficient (Wildman–Crippen LogP) is 2.94. The number of aromatic amines is 1. The SMILES string of the molecule is Cc1cc(C)c2c3c([nH]c2c1)CCC(NC(=O)C1CCCO1)C3. The highest BCUT2D eigenvalue weighted by Crippen LogP contribution is 2.32. The van der Waals surface area contributed by atoms with E-state index >= 15 is 0 Å². The molecule has 2 aliphatic rings. The summed E-state index contributed by atoms with van der Waals surface area (Å²) < 4.78 is 5.50. The standard InChI is InChI=1S/C19H24N2O2/c1-11-8-12(2)18-14-10-13(5-6-15(14)21-16(18)9-11)20-19(22)17-4-3-7-23-17/h8-9,13,17,21H,3-7,10H2,1-2H3,(H,20,22). The van der Waals surface area contributed by atoms with Gasteiger partial charge in [-0.15, -0.1) is 0 Å². The van der Waals surface area contributed by atoms with Gasteiger partial charge >= 0.3 is 0 Å². The fourth-order valence-electron chi connectivity index (χ4n) is 4.16. The van der Waals surface area contributed by atoms with Crippen LogP contribution in [-0.4, -0.2) is 29.6 Å². The molecule has 1 aromatic heterocycles. The van der Waals surface area contributed by atoms with Crippen molar-refractivity contribution in [2.75, 3.05) is 6.61 Å². The number of nitrogens with one attached hydrogen (secondary N) is 2. The summed E-state index contributed by atoms with van der Waals surface area (Å²) >= 11 is 0. The van der Waals surface area contributed by atoms with Gasteiger partial charge in [0, 0.05) is 29.2 Å². The first kappa shape index (κ1) is 14.8. The molecule has 1 saturated heterocycles. The lowest BCUT2D eigenvalue weighted by Gasteiger charge is -2.25. The zero-order valence-electron chi connectivity index (χ0n) is 13.9. The van der Waals surface area contributed by atoms with E-state index < -0.39 is 0 Å². The molecule has 4 nitrogen and oxygen atoms in total. The average molecular weight is 312 g/mol. The summed E-state index contributed by atoms with van der Waals surface area (Å²) in [5.41, 5.74) is 6.58. The van der Waals surface area contributed by atoms with Crippen LogP contribution < -0.4 is 5.32 Å². The number of H-pyrrole nitrogens is 1. The number of carbonyl (C=O) groups is 1. The van der Waals surface area contributed by atoms with Gasteiger partial charge < -0.3 is 15.0 Å². The highest BCUT2D eigenvalue weighted by molar-refractivity contribution is 5.89. The second kappa shape index (κ2) is 5.68. The van der Waals surface area contributed by atoms with Gasteiger partial charge in [0.15, 0.2) is 0 Å². The van der Waals surface area contributed by atoms with E-state index in [-0.39, 0.29) is 18.1 Å². The molecule has 0 radical (unpaired) electrons. The van der Waals surface area contributed by atoms with E-state index in [1.54, 1.807) is 0 Å². The van der Waals surface area contributed by atoms with Crippen LogP contribution in [0.3, 0.4) is 0 Å². The monoisotopic (exact) mass is 312 g/mol. The van der Waals surface area contributed by atoms with Gasteiger partial charge in [-0.1, -0.05) is 6.07 Å². The first-order valence-electron chi connectivity index (χ1n) is 8.64. The maximum absolute atomic E-state index is 12.3. The van der Waals surface area contributed by atoms with Crippen molar-refractivity contribution >= 4 is 16.8 Å². The van der Waals surface area contributed by atoms with Gasteiger partial charge in [0.1, 0.15) is 6.10 Å². The van der Waals surface area contributed by atoms with Crippen molar-refractivity contribution in [3.8, 4) is 0 Å². The minimum absolute atomic E-state index is 0.0726. The average Bonchev–Trinajstić information content (AvgIpc) is 3.13. The molecule has 2 aromatic rings. The first-order valence-corrected chi connectivity index (χ1v) is 8.64. The Balaban J connectivity index is 1.57. The zero-order valence-corrected chi connectivity index (χ0v) is 13.9. The number of hydrogen-bond donors (Lipinski definition) is 2. The van der Waals surface area contributed by atoms with Gasteiger partial charge in [0.25, 0.3) is 0 Å². The van der Waals surface area contributed by atoms with Gasteiger partial charge in [-0.25, -0.2) is 0 Å². The number of hydrogen-bond acceptors (Lipinski definition) is 2. The molecule has 0 saturated carbocycles. The number of aryl methyl sites for hydroxylation is 3. The fourth-order valence-corrected chi connectivity index (χ4v) is 4.16. The largest absolute Gasteiger partial charge is 0.368 e. The molecule has 2 N–H and O–H groups in total. The maximum atomic E-state index is 12.3. The number of rotatable bonds is 2. The van der Waals surface area contributed by atoms with Crippen molar-refractivity contribution in [1.82, 2.24) is 10.3 Å². The van der Waals surface area contributed by atoms with Crippen molar-refractivity contribution in [1.29, 1.82) is 0 Å². The zero-order chi connectivity index (χ0) is 16.0. The van der Waals surface area contributed by atoms with Crippen LogP contribution in [0.2, 0.25) is 0 Å². The minimum Gasteiger partial charge on any atom is -0.368 e. The normalized spacial score (nSPS) is 23.9. The quantitative estimate of drug-likeness (QED) is 0.896. The molecule has 23 heavy (non-hydrogen) atoms. The summed E-state index contributed by atoms with van der Waals surface area (Å²) in [5, 5.41) is 4.56. The highest BCUT2D eigenvalue weighted by atomic mass is 16.5. The molecule has 4 rings (SSSR count). The Kier molecular flexibility index (Phi) is 3.64. The number of amides is 1. The van der Waals surface area contributed by atoms with Crippen LogP contribution in [-0.2, 0) is 22.4 Å². The Labute approximate surface area is 136 Å². The third kappa shape index (κ3) is 2.65. The van der Waals surface area contributed by atoms with Crippen molar-refractivity contribution < 1.29 is 9.53 Å². The molecular weight excluding hydrogens is 288 g/mol. The Morgan fingerprint density at radius 3 is 2.96 bits per heavy atom. The summed E-state index contributed by atoms with van der Waals surface area (Å²) in [6, 6.07) is 4.69. The Bertz CT molecular complexity index is 756. The molecule has 1 aromatic carbocycles. The molecule has 2 heterocycles. The lowest BCUT2D eigenvalue weighted by molar-refractivity contribution is -0.130. The Morgan fingerprint density at radius 2 is 2.17 bits per heavy atom. The van der Waals surface area contributed by atoms with Gasteiger partial charge in [-0.3, -0.25) is 4.79 Å². The molecule has 1 fully saturated rings. The van der Waals surface area contributed by atoms with Crippen LogP contribution >= 0.6 is 0 Å². The summed E-state index contributed by atoms with van der Waals surface area (Å²) in [6.07, 6.45) is 4.53. The molecule has 122 valence electrons. The van der Waals surface area contributed by atoms with Crippen LogP contribution in [0.15, 0.2) is 12.1 Å². The summed E-state index contributed by atoms with van der Waals surface area (Å²) in [7, 11) is 0. The van der Waals surface area contributed by atoms with E-state index in [1.807, 2.05) is 0 Å². The second-order valence-corrected chi connectivity index (χ2v) is 7.04. The van der Waals surface area contributed by atoms with E-state index in [1.165, 1.54) is 33.3 Å². The summed E-state index contributed by atoms with van der Waals surface area (Å²) in [6.45, 7) is 5.03. The third-order valence-electron chi connectivity index (χ3n) is 5.19. The van der Waals surface area contributed by atoms with Gasteiger partial charge in [0.2, 0.25) is 5.91 Å². The molecule has 4 heteroatoms. The van der Waals surface area contributed by atoms with Crippen LogP contribution in [0.1, 0.15) is 41.6 Å². The van der Waals surface area contributed by atoms with Crippen molar-refractivity contribution in [2.45, 2.75) is 58.1 Å². The van der Waals surface area contributed by atoms with E-state index in [2.05, 4.69) is 36.3 Å². The molecule has 0 spiro atoms. The van der Waals surface area contributed by atoms with Crippen LogP contribution in [0.4, 0.5) is 0 Å². The first-order chi connectivity index (χ1) is 11.1. The van der Waals surface area contributed by atoms with Gasteiger partial charge in [-0.05, 0) is 68.7 Å². The molecular formula is C19H24N2O2. The van der Waals surface area contributed by atoms with Crippen molar-refractivity contribution in [2.24, 2.45) is 0 Å². The van der Waals surface area contributed by atoms with E-state index in [4.69, 9.17) is 4.74 Å². The van der Waals surface area contributed by atoms with E-state index in [9.17, 15) is 4.79 Å². The van der Waals surface area contributed by atoms with Gasteiger partial charge in [-0.2, -0.15) is 0 Å². The molecule has 1 amide bonds. The Morgan fingerprint density at radius 1 is 1.30 bits per heavy atom. The van der Waals surface area contributed by atoms with Crippen LogP contribution in [0.25, 0.3) is 10.9 Å². The predicted molar refractivity (Wildman–Crippen MR) is 90.7 cm³/mol. The number of carbonyl (C=O) groups excluding carboxylic acids is 1. The van der Waals surface area contributed by atoms with Crippen LogP contribution in [0, 0.1) is 13.8 Å². The van der Waals surface area contributed by atoms with Crippen molar-refractivity contribution in [3.63, 3.8) is 0 Å². The molecule has 1 aliphatic carbocycles. The van der Waals surface area contributed by atoms with Gasteiger partial charge in [0.05, 0.1) is 0 Å². The van der Waals surface area contributed by atoms with Crippen LogP contribution in [0.5, 0.6) is 0 Å². The lowest BCUT2D eigenvalue weighted by atomic mass is 9.90. The third-order valence-corrected chi connectivity index (χ3v) is 5.19. The van der Waals surface area contributed by atoms with E-state index in [0.29, 0.717) is 6.61 Å². The number of benzene rings is 1. The summed E-state index contributed by atoms with van der Waals surface area (Å²) in [4.78, 5) is 15.9. The Hall–Kier alpha value is -1.81. The molecule has 2 atom stereocenters. The number of ether oxygens (including phenoxy) is 1. The highest BCUT2D eigenvalue weighted by Gasteiger charge is 2.28. The lowest BCUT2D eigenvalue weighted by Crippen LogP contribution is -2.43. The molecule has 0 bridgehead atoms. The molecule has 2 unspecified atom stereocenters. The minimum atomic E-state index is -0.233. The molecule has 1 aliphatic heterocycles.